The summed E-state index contributed by atoms with van der Waals surface area (Å²) in [5.41, 5.74) is 3.66. The summed E-state index contributed by atoms with van der Waals surface area (Å²) in [5, 5.41) is 3.32. The van der Waals surface area contributed by atoms with E-state index >= 15 is 0 Å². The van der Waals surface area contributed by atoms with E-state index in [0.29, 0.717) is 60.3 Å². The molecule has 0 aromatic heterocycles. The minimum absolute atomic E-state index is 0.00933. The Morgan fingerprint density at radius 3 is 2.30 bits per heavy atom. The van der Waals surface area contributed by atoms with E-state index in [4.69, 9.17) is 18.6 Å². The number of fused-ring (bicyclic) bond motifs is 1. The molecule has 1 aliphatic heterocycles. The summed E-state index contributed by atoms with van der Waals surface area (Å²) in [4.78, 5) is 16.6. The van der Waals surface area contributed by atoms with Crippen molar-refractivity contribution in [3.05, 3.63) is 83.4 Å². The number of rotatable bonds is 11. The van der Waals surface area contributed by atoms with Crippen LogP contribution in [0.2, 0.25) is 18.1 Å². The first-order chi connectivity index (χ1) is 21.0. The second-order valence-electron chi connectivity index (χ2n) is 13.5. The normalized spacial score (nSPS) is 21.3. The molecule has 2 aliphatic rings. The van der Waals surface area contributed by atoms with Crippen LogP contribution in [0.3, 0.4) is 0 Å². The van der Waals surface area contributed by atoms with Crippen molar-refractivity contribution in [1.29, 1.82) is 0 Å². The largest absolute Gasteiger partial charge is 0.497 e. The standard InChI is InChI=1S/C36H48N2O5Si/c1-36(2,3)44(7,8)43-23-30-34-27(33(34)25-14-16-26(40-5)17-15-25)18-19-38(30)35(39)28-20-31(41-6)32(21-29(28)37-4)42-22-24-12-10-9-11-13-24/h9-17,20-21,27,30,33-34,37H,18-19,22-23H2,1-8H3/t27?,30-,33?,34-/m1/s1. The molecule has 3 aromatic carbocycles. The van der Waals surface area contributed by atoms with Gasteiger partial charge in [-0.3, -0.25) is 4.79 Å². The van der Waals surface area contributed by atoms with E-state index in [-0.39, 0.29) is 17.0 Å². The number of carbonyl (C=O) groups is 1. The lowest BCUT2D eigenvalue weighted by Crippen LogP contribution is -2.51. The molecule has 1 saturated heterocycles. The van der Waals surface area contributed by atoms with Crippen LogP contribution in [0, 0.1) is 11.8 Å². The number of likely N-dealkylation sites (tertiary alicyclic amines) is 1. The van der Waals surface area contributed by atoms with E-state index in [0.717, 1.165) is 17.7 Å². The molecule has 3 aromatic rings. The molecule has 4 atom stereocenters. The fraction of sp³-hybridized carbons (Fsp3) is 0.472. The average Bonchev–Trinajstić information content (AvgIpc) is 3.76. The molecule has 1 saturated carbocycles. The molecule has 0 spiro atoms. The Morgan fingerprint density at radius 2 is 1.68 bits per heavy atom. The summed E-state index contributed by atoms with van der Waals surface area (Å²) in [6, 6.07) is 22.1. The highest BCUT2D eigenvalue weighted by Gasteiger charge is 2.59. The summed E-state index contributed by atoms with van der Waals surface area (Å²) >= 11 is 0. The first kappa shape index (κ1) is 31.9. The van der Waals surface area contributed by atoms with Crippen LogP contribution in [0.25, 0.3) is 0 Å². The molecule has 2 unspecified atom stereocenters. The zero-order valence-electron chi connectivity index (χ0n) is 27.5. The fourth-order valence-electron chi connectivity index (χ4n) is 6.32. The van der Waals surface area contributed by atoms with Gasteiger partial charge in [-0.1, -0.05) is 63.2 Å². The van der Waals surface area contributed by atoms with Crippen molar-refractivity contribution in [1.82, 2.24) is 4.90 Å². The number of anilines is 1. The predicted molar refractivity (Wildman–Crippen MR) is 179 cm³/mol. The van der Waals surface area contributed by atoms with E-state index in [1.165, 1.54) is 5.56 Å². The molecule has 0 bridgehead atoms. The SMILES string of the molecule is CNc1cc(OCc2ccccc2)c(OC)cc1C(=O)N1CCC2C(c3ccc(OC)cc3)[C@H]2[C@H]1CO[Si](C)(C)C(C)(C)C. The second kappa shape index (κ2) is 12.9. The van der Waals surface area contributed by atoms with Crippen molar-refractivity contribution in [2.45, 2.75) is 63.9 Å². The second-order valence-corrected chi connectivity index (χ2v) is 18.3. The lowest BCUT2D eigenvalue weighted by atomic mass is 10.00. The van der Waals surface area contributed by atoms with Crippen LogP contribution in [-0.4, -0.2) is 59.6 Å². The first-order valence-electron chi connectivity index (χ1n) is 15.6. The number of hydrogen-bond acceptors (Lipinski definition) is 6. The summed E-state index contributed by atoms with van der Waals surface area (Å²) in [6.07, 6.45) is 0.966. The van der Waals surface area contributed by atoms with Crippen molar-refractivity contribution in [2.24, 2.45) is 11.8 Å². The number of piperidine rings is 1. The molecule has 1 N–H and O–H groups in total. The molecule has 0 radical (unpaired) electrons. The number of nitrogens with zero attached hydrogens (tertiary/aromatic N) is 1. The van der Waals surface area contributed by atoms with Crippen LogP contribution in [0.5, 0.6) is 17.2 Å². The maximum atomic E-state index is 14.5. The Morgan fingerprint density at radius 1 is 0.977 bits per heavy atom. The zero-order valence-corrected chi connectivity index (χ0v) is 28.5. The van der Waals surface area contributed by atoms with Crippen molar-refractivity contribution >= 4 is 19.9 Å². The molecule has 1 aliphatic carbocycles. The van der Waals surface area contributed by atoms with Gasteiger partial charge in [-0.05, 0) is 71.6 Å². The maximum absolute atomic E-state index is 14.5. The lowest BCUT2D eigenvalue weighted by Gasteiger charge is -2.41. The number of carbonyl (C=O) groups excluding carboxylic acids is 1. The van der Waals surface area contributed by atoms with E-state index in [2.05, 4.69) is 56.2 Å². The number of methoxy groups -OCH3 is 2. The molecule has 1 amide bonds. The maximum Gasteiger partial charge on any atom is 0.256 e. The zero-order chi connectivity index (χ0) is 31.6. The van der Waals surface area contributed by atoms with Gasteiger partial charge in [-0.15, -0.1) is 0 Å². The molecular weight excluding hydrogens is 568 g/mol. The van der Waals surface area contributed by atoms with E-state index in [1.807, 2.05) is 61.6 Å². The first-order valence-corrected chi connectivity index (χ1v) is 18.5. The smallest absolute Gasteiger partial charge is 0.256 e. The predicted octanol–water partition coefficient (Wildman–Crippen LogP) is 7.59. The molecular formula is C36H48N2O5Si. The molecule has 1 heterocycles. The molecule has 236 valence electrons. The van der Waals surface area contributed by atoms with Gasteiger partial charge in [0.2, 0.25) is 0 Å². The highest BCUT2D eigenvalue weighted by Crippen LogP contribution is 2.61. The number of hydrogen-bond donors (Lipinski definition) is 1. The summed E-state index contributed by atoms with van der Waals surface area (Å²) < 4.78 is 24.1. The minimum Gasteiger partial charge on any atom is -0.497 e. The monoisotopic (exact) mass is 616 g/mol. The fourth-order valence-corrected chi connectivity index (χ4v) is 7.34. The van der Waals surface area contributed by atoms with Crippen molar-refractivity contribution in [3.63, 3.8) is 0 Å². The van der Waals surface area contributed by atoms with E-state index in [1.54, 1.807) is 14.2 Å². The van der Waals surface area contributed by atoms with Gasteiger partial charge in [0.05, 0.1) is 38.1 Å². The lowest BCUT2D eigenvalue weighted by molar-refractivity contribution is 0.0484. The summed E-state index contributed by atoms with van der Waals surface area (Å²) in [7, 11) is 3.11. The van der Waals surface area contributed by atoms with Gasteiger partial charge in [-0.25, -0.2) is 0 Å². The van der Waals surface area contributed by atoms with Gasteiger partial charge >= 0.3 is 0 Å². The number of benzene rings is 3. The number of ether oxygens (including phenoxy) is 3. The third kappa shape index (κ3) is 6.47. The van der Waals surface area contributed by atoms with Crippen LogP contribution in [0.4, 0.5) is 5.69 Å². The molecule has 2 fully saturated rings. The average molecular weight is 617 g/mol. The molecule has 8 heteroatoms. The Balaban J connectivity index is 1.43. The third-order valence-corrected chi connectivity index (χ3v) is 14.5. The third-order valence-electron chi connectivity index (χ3n) is 10.0. The highest BCUT2D eigenvalue weighted by molar-refractivity contribution is 6.74. The van der Waals surface area contributed by atoms with Gasteiger partial charge in [-0.2, -0.15) is 0 Å². The summed E-state index contributed by atoms with van der Waals surface area (Å²) in [6.45, 7) is 13.0. The molecule has 7 nitrogen and oxygen atoms in total. The number of nitrogens with one attached hydrogen (secondary N) is 1. The van der Waals surface area contributed by atoms with Gasteiger partial charge in [0.15, 0.2) is 19.8 Å². The van der Waals surface area contributed by atoms with E-state index in [9.17, 15) is 4.79 Å². The van der Waals surface area contributed by atoms with Crippen molar-refractivity contribution in [2.75, 3.05) is 39.7 Å². The minimum atomic E-state index is -2.04. The Kier molecular flexibility index (Phi) is 9.32. The van der Waals surface area contributed by atoms with Crippen LogP contribution in [0.15, 0.2) is 66.7 Å². The summed E-state index contributed by atoms with van der Waals surface area (Å²) in [5.74, 6) is 3.26. The number of amides is 1. The van der Waals surface area contributed by atoms with Gasteiger partial charge < -0.3 is 28.9 Å². The van der Waals surface area contributed by atoms with Crippen LogP contribution < -0.4 is 19.5 Å². The Hall–Kier alpha value is -3.49. The quantitative estimate of drug-likeness (QED) is 0.224. The topological polar surface area (TPSA) is 69.3 Å². The van der Waals surface area contributed by atoms with Crippen LogP contribution in [0.1, 0.15) is 54.6 Å². The van der Waals surface area contributed by atoms with Crippen molar-refractivity contribution < 1.29 is 23.4 Å². The van der Waals surface area contributed by atoms with Crippen LogP contribution in [-0.2, 0) is 11.0 Å². The van der Waals surface area contributed by atoms with Gasteiger partial charge in [0.25, 0.3) is 5.91 Å². The Bertz CT molecular complexity index is 1440. The van der Waals surface area contributed by atoms with Crippen molar-refractivity contribution in [3.8, 4) is 17.2 Å². The molecule has 5 rings (SSSR count). The molecule has 44 heavy (non-hydrogen) atoms. The van der Waals surface area contributed by atoms with Crippen LogP contribution >= 0.6 is 0 Å². The van der Waals surface area contributed by atoms with Gasteiger partial charge in [0, 0.05) is 19.7 Å². The van der Waals surface area contributed by atoms with Gasteiger partial charge in [0.1, 0.15) is 12.4 Å². The highest BCUT2D eigenvalue weighted by atomic mass is 28.4. The van der Waals surface area contributed by atoms with E-state index < -0.39 is 8.32 Å². The Labute approximate surface area is 264 Å².